The Labute approximate surface area is 170 Å². The number of hydrogen-bond acceptors (Lipinski definition) is 1. The van der Waals surface area contributed by atoms with Crippen LogP contribution in [0.25, 0.3) is 10.9 Å². The lowest BCUT2D eigenvalue weighted by atomic mass is 10.1. The number of fused-ring (bicyclic) bond motifs is 1. The van der Waals surface area contributed by atoms with Crippen LogP contribution in [0.3, 0.4) is 0 Å². The second-order valence-corrected chi connectivity index (χ2v) is 6.03. The van der Waals surface area contributed by atoms with Gasteiger partial charge >= 0.3 is 0 Å². The van der Waals surface area contributed by atoms with E-state index in [1.165, 1.54) is 11.6 Å². The van der Waals surface area contributed by atoms with Gasteiger partial charge in [0.05, 0.1) is 6.04 Å². The number of aromatic nitrogens is 1. The Kier molecular flexibility index (Phi) is 7.44. The van der Waals surface area contributed by atoms with Crippen LogP contribution < -0.4 is 10.6 Å². The average molecular weight is 466 g/mol. The van der Waals surface area contributed by atoms with Crippen LogP contribution in [-0.4, -0.2) is 24.5 Å². The van der Waals surface area contributed by atoms with E-state index in [1.807, 2.05) is 24.4 Å². The number of aliphatic imine (C=N–C) groups is 1. The van der Waals surface area contributed by atoms with Gasteiger partial charge in [0.1, 0.15) is 5.82 Å². The second-order valence-electron chi connectivity index (χ2n) is 6.03. The number of nitrogens with one attached hydrogen (secondary N) is 3. The van der Waals surface area contributed by atoms with Crippen molar-refractivity contribution in [2.75, 3.05) is 13.6 Å². The zero-order valence-electron chi connectivity index (χ0n) is 14.9. The largest absolute Gasteiger partial charge is 0.361 e. The Morgan fingerprint density at radius 2 is 1.96 bits per heavy atom. The molecule has 0 aliphatic carbocycles. The molecule has 1 heterocycles. The van der Waals surface area contributed by atoms with Gasteiger partial charge in [-0.25, -0.2) is 4.39 Å². The molecule has 3 N–H and O–H groups in total. The summed E-state index contributed by atoms with van der Waals surface area (Å²) in [5, 5.41) is 7.63. The first-order chi connectivity index (χ1) is 12.2. The van der Waals surface area contributed by atoms with E-state index >= 15 is 0 Å². The van der Waals surface area contributed by atoms with Crippen molar-refractivity contribution in [3.8, 4) is 0 Å². The molecule has 3 rings (SSSR count). The highest BCUT2D eigenvalue weighted by Crippen LogP contribution is 2.19. The van der Waals surface area contributed by atoms with Crippen molar-refractivity contribution in [1.29, 1.82) is 0 Å². The molecule has 138 valence electrons. The van der Waals surface area contributed by atoms with Crippen LogP contribution in [0.5, 0.6) is 0 Å². The van der Waals surface area contributed by atoms with E-state index in [0.717, 1.165) is 28.8 Å². The van der Waals surface area contributed by atoms with Gasteiger partial charge < -0.3 is 15.6 Å². The molecule has 0 bridgehead atoms. The van der Waals surface area contributed by atoms with Gasteiger partial charge in [0.2, 0.25) is 0 Å². The van der Waals surface area contributed by atoms with E-state index in [9.17, 15) is 4.39 Å². The van der Waals surface area contributed by atoms with Gasteiger partial charge in [-0.05, 0) is 42.7 Å². The van der Waals surface area contributed by atoms with Gasteiger partial charge in [0, 0.05) is 30.7 Å². The zero-order chi connectivity index (χ0) is 17.6. The maximum Gasteiger partial charge on any atom is 0.191 e. The Balaban J connectivity index is 0.00000243. The topological polar surface area (TPSA) is 52.2 Å². The van der Waals surface area contributed by atoms with Crippen molar-refractivity contribution >= 4 is 40.8 Å². The summed E-state index contributed by atoms with van der Waals surface area (Å²) in [5.74, 6) is 0.540. The highest BCUT2D eigenvalue weighted by Gasteiger charge is 2.08. The van der Waals surface area contributed by atoms with Crippen LogP contribution in [0.1, 0.15) is 24.1 Å². The Morgan fingerprint density at radius 1 is 1.19 bits per heavy atom. The number of benzene rings is 2. The fourth-order valence-corrected chi connectivity index (χ4v) is 2.90. The summed E-state index contributed by atoms with van der Waals surface area (Å²) >= 11 is 0. The standard InChI is InChI=1S/C20H23FN4.HI/c1-14(15-6-4-3-5-7-15)25-20(22-2)23-11-10-16-13-24-19-9-8-17(21)12-18(16)19;/h3-9,12-14,24H,10-11H2,1-2H3,(H2,22,23,25);1H. The minimum atomic E-state index is -0.213. The predicted molar refractivity (Wildman–Crippen MR) is 117 cm³/mol. The van der Waals surface area contributed by atoms with Crippen molar-refractivity contribution in [2.45, 2.75) is 19.4 Å². The SMILES string of the molecule is CN=C(NCCc1c[nH]c2ccc(F)cc12)NC(C)c1ccccc1.I. The lowest BCUT2D eigenvalue weighted by Gasteiger charge is -2.18. The monoisotopic (exact) mass is 466 g/mol. The van der Waals surface area contributed by atoms with Crippen LogP contribution in [0.2, 0.25) is 0 Å². The van der Waals surface area contributed by atoms with Gasteiger partial charge in [-0.15, -0.1) is 24.0 Å². The van der Waals surface area contributed by atoms with Gasteiger partial charge in [-0.3, -0.25) is 4.99 Å². The normalized spacial score (nSPS) is 12.5. The smallest absolute Gasteiger partial charge is 0.191 e. The Bertz CT molecular complexity index is 861. The maximum atomic E-state index is 13.4. The third kappa shape index (κ3) is 4.97. The molecule has 0 amide bonds. The number of aromatic amines is 1. The summed E-state index contributed by atoms with van der Waals surface area (Å²) in [6, 6.07) is 15.2. The molecule has 4 nitrogen and oxygen atoms in total. The molecule has 0 radical (unpaired) electrons. The fourth-order valence-electron chi connectivity index (χ4n) is 2.90. The molecule has 0 fully saturated rings. The van der Waals surface area contributed by atoms with Gasteiger partial charge in [0.25, 0.3) is 0 Å². The minimum absolute atomic E-state index is 0. The molecule has 0 saturated heterocycles. The van der Waals surface area contributed by atoms with Crippen molar-refractivity contribution in [1.82, 2.24) is 15.6 Å². The summed E-state index contributed by atoms with van der Waals surface area (Å²) in [7, 11) is 1.76. The summed E-state index contributed by atoms with van der Waals surface area (Å²) in [6.45, 7) is 2.81. The molecule has 26 heavy (non-hydrogen) atoms. The number of nitrogens with zero attached hydrogens (tertiary/aromatic N) is 1. The van der Waals surface area contributed by atoms with E-state index in [-0.39, 0.29) is 35.8 Å². The molecule has 0 saturated carbocycles. The highest BCUT2D eigenvalue weighted by atomic mass is 127. The first-order valence-electron chi connectivity index (χ1n) is 8.45. The Morgan fingerprint density at radius 3 is 2.69 bits per heavy atom. The molecular formula is C20H24FIN4. The van der Waals surface area contributed by atoms with E-state index in [0.29, 0.717) is 6.54 Å². The third-order valence-corrected chi connectivity index (χ3v) is 4.29. The minimum Gasteiger partial charge on any atom is -0.361 e. The van der Waals surface area contributed by atoms with E-state index < -0.39 is 0 Å². The number of hydrogen-bond donors (Lipinski definition) is 3. The van der Waals surface area contributed by atoms with Crippen LogP contribution in [0.4, 0.5) is 4.39 Å². The van der Waals surface area contributed by atoms with Gasteiger partial charge in [0.15, 0.2) is 5.96 Å². The molecule has 2 aromatic carbocycles. The van der Waals surface area contributed by atoms with E-state index in [2.05, 4.69) is 39.7 Å². The molecule has 0 aliphatic rings. The molecule has 1 aromatic heterocycles. The fraction of sp³-hybridized carbons (Fsp3) is 0.250. The van der Waals surface area contributed by atoms with Crippen LogP contribution >= 0.6 is 24.0 Å². The van der Waals surface area contributed by atoms with Crippen molar-refractivity contribution < 1.29 is 4.39 Å². The summed E-state index contributed by atoms with van der Waals surface area (Å²) in [4.78, 5) is 7.46. The molecule has 1 unspecified atom stereocenters. The second kappa shape index (κ2) is 9.56. The molecule has 0 spiro atoms. The summed E-state index contributed by atoms with van der Waals surface area (Å²) in [5.41, 5.74) is 3.25. The summed E-state index contributed by atoms with van der Waals surface area (Å²) < 4.78 is 13.4. The lowest BCUT2D eigenvalue weighted by Crippen LogP contribution is -2.39. The Hall–Kier alpha value is -2.09. The zero-order valence-corrected chi connectivity index (χ0v) is 17.3. The maximum absolute atomic E-state index is 13.4. The quantitative estimate of drug-likeness (QED) is 0.297. The number of halogens is 2. The van der Waals surface area contributed by atoms with Crippen molar-refractivity contribution in [3.05, 3.63) is 71.7 Å². The van der Waals surface area contributed by atoms with Crippen molar-refractivity contribution in [2.24, 2.45) is 4.99 Å². The molecule has 3 aromatic rings. The highest BCUT2D eigenvalue weighted by molar-refractivity contribution is 14.0. The molecule has 6 heteroatoms. The number of guanidine groups is 1. The van der Waals surface area contributed by atoms with Crippen LogP contribution in [-0.2, 0) is 6.42 Å². The average Bonchev–Trinajstić information content (AvgIpc) is 3.03. The number of H-pyrrole nitrogens is 1. The van der Waals surface area contributed by atoms with Crippen LogP contribution in [0.15, 0.2) is 59.7 Å². The van der Waals surface area contributed by atoms with E-state index in [4.69, 9.17) is 0 Å². The molecular weight excluding hydrogens is 442 g/mol. The van der Waals surface area contributed by atoms with E-state index in [1.54, 1.807) is 19.2 Å². The lowest BCUT2D eigenvalue weighted by molar-refractivity contribution is 0.629. The first kappa shape index (κ1) is 20.2. The third-order valence-electron chi connectivity index (χ3n) is 4.29. The molecule has 0 aliphatic heterocycles. The summed E-state index contributed by atoms with van der Waals surface area (Å²) in [6.07, 6.45) is 2.72. The predicted octanol–water partition coefficient (Wildman–Crippen LogP) is 4.39. The first-order valence-corrected chi connectivity index (χ1v) is 8.45. The van der Waals surface area contributed by atoms with Gasteiger partial charge in [-0.1, -0.05) is 30.3 Å². The van der Waals surface area contributed by atoms with Crippen LogP contribution in [0, 0.1) is 5.82 Å². The van der Waals surface area contributed by atoms with Gasteiger partial charge in [-0.2, -0.15) is 0 Å². The number of rotatable bonds is 5. The van der Waals surface area contributed by atoms with Crippen molar-refractivity contribution in [3.63, 3.8) is 0 Å². The molecule has 1 atom stereocenters.